The van der Waals surface area contributed by atoms with Crippen molar-refractivity contribution in [1.29, 1.82) is 0 Å². The van der Waals surface area contributed by atoms with Gasteiger partial charge in [0, 0.05) is 0 Å². The number of benzene rings is 1. The molecule has 1 aromatic heterocycles. The number of pyridine rings is 1. The van der Waals surface area contributed by atoms with E-state index in [4.69, 9.17) is 16.7 Å². The molecular formula is C13H7ClF2N2O3. The van der Waals surface area contributed by atoms with Gasteiger partial charge in [-0.1, -0.05) is 17.7 Å². The minimum absolute atomic E-state index is 0.262. The number of carbonyl (C=O) groups is 2. The van der Waals surface area contributed by atoms with Gasteiger partial charge in [-0.15, -0.1) is 0 Å². The number of rotatable bonds is 3. The van der Waals surface area contributed by atoms with E-state index in [2.05, 4.69) is 10.3 Å². The lowest BCUT2D eigenvalue weighted by molar-refractivity contribution is 0.0693. The number of amides is 1. The van der Waals surface area contributed by atoms with Crippen molar-refractivity contribution in [3.63, 3.8) is 0 Å². The van der Waals surface area contributed by atoms with E-state index >= 15 is 0 Å². The van der Waals surface area contributed by atoms with Crippen molar-refractivity contribution in [2.24, 2.45) is 0 Å². The van der Waals surface area contributed by atoms with Crippen molar-refractivity contribution >= 4 is 29.2 Å². The lowest BCUT2D eigenvalue weighted by Gasteiger charge is -2.09. The van der Waals surface area contributed by atoms with Gasteiger partial charge in [0.2, 0.25) is 0 Å². The van der Waals surface area contributed by atoms with Crippen LogP contribution >= 0.6 is 11.6 Å². The summed E-state index contributed by atoms with van der Waals surface area (Å²) < 4.78 is 26.5. The van der Waals surface area contributed by atoms with E-state index in [1.54, 1.807) is 0 Å². The summed E-state index contributed by atoms with van der Waals surface area (Å²) in [6.45, 7) is 0. The second-order valence-corrected chi connectivity index (χ2v) is 4.27. The standard InChI is InChI=1S/C13H7ClF2N2O3/c14-11-7(4-6(15)5-17-11)12(19)18-9-3-1-2-8(16)10(9)13(20)21/h1-5H,(H,18,19)(H,20,21). The second-order valence-electron chi connectivity index (χ2n) is 3.91. The van der Waals surface area contributed by atoms with Crippen LogP contribution in [0.25, 0.3) is 0 Å². The molecule has 0 saturated carbocycles. The fourth-order valence-electron chi connectivity index (χ4n) is 1.62. The topological polar surface area (TPSA) is 79.3 Å². The van der Waals surface area contributed by atoms with Gasteiger partial charge in [-0.25, -0.2) is 18.6 Å². The third-order valence-corrected chi connectivity index (χ3v) is 2.83. The molecule has 8 heteroatoms. The number of halogens is 3. The molecule has 0 spiro atoms. The SMILES string of the molecule is O=C(Nc1cccc(F)c1C(=O)O)c1cc(F)cnc1Cl. The molecule has 0 saturated heterocycles. The zero-order valence-corrected chi connectivity index (χ0v) is 11.0. The predicted octanol–water partition coefficient (Wildman–Crippen LogP) is 2.96. The number of nitrogens with one attached hydrogen (secondary N) is 1. The van der Waals surface area contributed by atoms with E-state index in [1.165, 1.54) is 12.1 Å². The average Bonchev–Trinajstić information content (AvgIpc) is 2.41. The van der Waals surface area contributed by atoms with Crippen LogP contribution in [-0.2, 0) is 0 Å². The Morgan fingerprint density at radius 1 is 1.29 bits per heavy atom. The lowest BCUT2D eigenvalue weighted by Crippen LogP contribution is -2.16. The van der Waals surface area contributed by atoms with Crippen molar-refractivity contribution in [3.05, 3.63) is 58.4 Å². The maximum atomic E-state index is 13.5. The summed E-state index contributed by atoms with van der Waals surface area (Å²) in [6, 6.07) is 4.20. The van der Waals surface area contributed by atoms with Crippen LogP contribution in [0.15, 0.2) is 30.5 Å². The van der Waals surface area contributed by atoms with Gasteiger partial charge in [0.1, 0.15) is 22.4 Å². The zero-order valence-electron chi connectivity index (χ0n) is 10.2. The first kappa shape index (κ1) is 14.9. The summed E-state index contributed by atoms with van der Waals surface area (Å²) in [4.78, 5) is 26.4. The Bertz CT molecular complexity index is 737. The molecule has 0 aliphatic heterocycles. The van der Waals surface area contributed by atoms with Crippen molar-refractivity contribution in [2.75, 3.05) is 5.32 Å². The van der Waals surface area contributed by atoms with E-state index in [-0.39, 0.29) is 16.4 Å². The Morgan fingerprint density at radius 2 is 2.00 bits per heavy atom. The number of hydrogen-bond acceptors (Lipinski definition) is 3. The van der Waals surface area contributed by atoms with E-state index in [0.717, 1.165) is 18.3 Å². The molecule has 0 atom stereocenters. The Labute approximate surface area is 122 Å². The summed E-state index contributed by atoms with van der Waals surface area (Å²) in [5.74, 6) is -4.25. The summed E-state index contributed by atoms with van der Waals surface area (Å²) in [5.41, 5.74) is -1.27. The summed E-state index contributed by atoms with van der Waals surface area (Å²) in [5, 5.41) is 10.8. The fraction of sp³-hybridized carbons (Fsp3) is 0. The smallest absolute Gasteiger partial charge is 0.340 e. The van der Waals surface area contributed by atoms with E-state index in [1.807, 2.05) is 0 Å². The number of aromatic carboxylic acids is 1. The van der Waals surface area contributed by atoms with Gasteiger partial charge in [-0.05, 0) is 18.2 Å². The number of carboxylic acids is 1. The molecule has 1 aromatic carbocycles. The molecule has 1 amide bonds. The molecule has 108 valence electrons. The van der Waals surface area contributed by atoms with Gasteiger partial charge in [-0.2, -0.15) is 0 Å². The molecule has 2 rings (SSSR count). The van der Waals surface area contributed by atoms with Crippen molar-refractivity contribution in [1.82, 2.24) is 4.98 Å². The quantitative estimate of drug-likeness (QED) is 0.854. The number of hydrogen-bond donors (Lipinski definition) is 2. The van der Waals surface area contributed by atoms with Crippen LogP contribution in [0.3, 0.4) is 0 Å². The third-order valence-electron chi connectivity index (χ3n) is 2.53. The van der Waals surface area contributed by atoms with Crippen molar-refractivity contribution in [2.45, 2.75) is 0 Å². The monoisotopic (exact) mass is 312 g/mol. The Hall–Kier alpha value is -2.54. The zero-order chi connectivity index (χ0) is 15.6. The van der Waals surface area contributed by atoms with Crippen molar-refractivity contribution < 1.29 is 23.5 Å². The van der Waals surface area contributed by atoms with Crippen LogP contribution < -0.4 is 5.32 Å². The molecule has 1 heterocycles. The molecule has 2 N–H and O–H groups in total. The number of carbonyl (C=O) groups excluding carboxylic acids is 1. The largest absolute Gasteiger partial charge is 0.478 e. The molecule has 0 bridgehead atoms. The highest BCUT2D eigenvalue weighted by Gasteiger charge is 2.19. The van der Waals surface area contributed by atoms with Gasteiger partial charge >= 0.3 is 5.97 Å². The van der Waals surface area contributed by atoms with E-state index < -0.39 is 29.1 Å². The number of nitrogens with zero attached hydrogens (tertiary/aromatic N) is 1. The Kier molecular flexibility index (Phi) is 4.13. The molecule has 0 aliphatic rings. The van der Waals surface area contributed by atoms with Gasteiger partial charge < -0.3 is 10.4 Å². The highest BCUT2D eigenvalue weighted by Crippen LogP contribution is 2.21. The van der Waals surface area contributed by atoms with Crippen LogP contribution in [0.5, 0.6) is 0 Å². The summed E-state index contributed by atoms with van der Waals surface area (Å²) >= 11 is 5.66. The van der Waals surface area contributed by atoms with Crippen LogP contribution in [0.2, 0.25) is 5.15 Å². The normalized spacial score (nSPS) is 10.2. The van der Waals surface area contributed by atoms with Crippen LogP contribution in [0, 0.1) is 11.6 Å². The molecule has 0 aliphatic carbocycles. The van der Waals surface area contributed by atoms with E-state index in [9.17, 15) is 18.4 Å². The van der Waals surface area contributed by atoms with Gasteiger partial charge in [0.15, 0.2) is 0 Å². The maximum absolute atomic E-state index is 13.5. The molecule has 5 nitrogen and oxygen atoms in total. The number of anilines is 1. The van der Waals surface area contributed by atoms with Gasteiger partial charge in [0.05, 0.1) is 17.4 Å². The number of aromatic nitrogens is 1. The minimum atomic E-state index is -1.55. The van der Waals surface area contributed by atoms with Crippen LogP contribution in [0.4, 0.5) is 14.5 Å². The first-order chi connectivity index (χ1) is 9.90. The molecule has 0 unspecified atom stereocenters. The Balaban J connectivity index is 2.39. The lowest BCUT2D eigenvalue weighted by atomic mass is 10.1. The minimum Gasteiger partial charge on any atom is -0.478 e. The first-order valence-corrected chi connectivity index (χ1v) is 5.92. The second kappa shape index (κ2) is 5.84. The average molecular weight is 313 g/mol. The third kappa shape index (κ3) is 3.14. The molecule has 2 aromatic rings. The summed E-state index contributed by atoms with van der Waals surface area (Å²) in [6.07, 6.45) is 0.823. The van der Waals surface area contributed by atoms with Gasteiger partial charge in [-0.3, -0.25) is 4.79 Å². The molecule has 0 radical (unpaired) electrons. The summed E-state index contributed by atoms with van der Waals surface area (Å²) in [7, 11) is 0. The van der Waals surface area contributed by atoms with E-state index in [0.29, 0.717) is 0 Å². The highest BCUT2D eigenvalue weighted by atomic mass is 35.5. The highest BCUT2D eigenvalue weighted by molar-refractivity contribution is 6.33. The molecular weight excluding hydrogens is 306 g/mol. The molecule has 21 heavy (non-hydrogen) atoms. The predicted molar refractivity (Wildman–Crippen MR) is 70.5 cm³/mol. The fourth-order valence-corrected chi connectivity index (χ4v) is 1.81. The molecule has 0 fully saturated rings. The van der Waals surface area contributed by atoms with Crippen molar-refractivity contribution in [3.8, 4) is 0 Å². The number of carboxylic acid groups (broad SMARTS) is 1. The van der Waals surface area contributed by atoms with Gasteiger partial charge in [0.25, 0.3) is 5.91 Å². The first-order valence-electron chi connectivity index (χ1n) is 5.54. The van der Waals surface area contributed by atoms with Crippen LogP contribution in [-0.4, -0.2) is 22.0 Å². The van der Waals surface area contributed by atoms with Crippen LogP contribution in [0.1, 0.15) is 20.7 Å². The Morgan fingerprint density at radius 3 is 2.67 bits per heavy atom. The maximum Gasteiger partial charge on any atom is 0.340 e.